The van der Waals surface area contributed by atoms with Crippen molar-refractivity contribution in [2.45, 2.75) is 25.5 Å². The molecule has 2 amide bonds. The van der Waals surface area contributed by atoms with E-state index in [-0.39, 0.29) is 12.1 Å². The first-order valence-electron chi connectivity index (χ1n) is 8.97. The number of amides is 2. The SMILES string of the molecule is O=C(Nc1cccc2ccccc12)N(Cc1cccs1)CC1CCCO1. The van der Waals surface area contributed by atoms with E-state index in [2.05, 4.69) is 23.5 Å². The maximum Gasteiger partial charge on any atom is 0.322 e. The van der Waals surface area contributed by atoms with Crippen molar-refractivity contribution in [3.63, 3.8) is 0 Å². The van der Waals surface area contributed by atoms with Crippen LogP contribution in [0.1, 0.15) is 17.7 Å². The molecule has 0 radical (unpaired) electrons. The predicted molar refractivity (Wildman–Crippen MR) is 107 cm³/mol. The highest BCUT2D eigenvalue weighted by molar-refractivity contribution is 7.09. The highest BCUT2D eigenvalue weighted by Gasteiger charge is 2.23. The Balaban J connectivity index is 1.54. The fourth-order valence-corrected chi connectivity index (χ4v) is 4.09. The van der Waals surface area contributed by atoms with E-state index in [0.717, 1.165) is 35.9 Å². The molecule has 0 aliphatic carbocycles. The van der Waals surface area contributed by atoms with Crippen molar-refractivity contribution >= 4 is 33.8 Å². The number of nitrogens with zero attached hydrogens (tertiary/aromatic N) is 1. The second-order valence-electron chi connectivity index (χ2n) is 6.55. The highest BCUT2D eigenvalue weighted by Crippen LogP contribution is 2.24. The predicted octanol–water partition coefficient (Wildman–Crippen LogP) is 5.11. The number of hydrogen-bond donors (Lipinski definition) is 1. The number of urea groups is 1. The fraction of sp³-hybridized carbons (Fsp3) is 0.286. The number of fused-ring (bicyclic) bond motifs is 1. The molecule has 1 aromatic heterocycles. The number of benzene rings is 2. The normalized spacial score (nSPS) is 16.7. The summed E-state index contributed by atoms with van der Waals surface area (Å²) < 4.78 is 5.75. The van der Waals surface area contributed by atoms with Crippen LogP contribution in [0.2, 0.25) is 0 Å². The minimum Gasteiger partial charge on any atom is -0.376 e. The van der Waals surface area contributed by atoms with Crippen molar-refractivity contribution < 1.29 is 9.53 Å². The molecule has 4 rings (SSSR count). The van der Waals surface area contributed by atoms with Gasteiger partial charge in [-0.05, 0) is 35.7 Å². The molecule has 26 heavy (non-hydrogen) atoms. The molecule has 0 saturated carbocycles. The summed E-state index contributed by atoms with van der Waals surface area (Å²) in [5.74, 6) is 0. The number of thiophene rings is 1. The first kappa shape index (κ1) is 17.1. The van der Waals surface area contributed by atoms with Crippen molar-refractivity contribution in [1.29, 1.82) is 0 Å². The molecule has 5 heteroatoms. The van der Waals surface area contributed by atoms with Crippen molar-refractivity contribution in [3.8, 4) is 0 Å². The number of carbonyl (C=O) groups is 1. The molecular formula is C21H22N2O2S. The minimum atomic E-state index is -0.0785. The smallest absolute Gasteiger partial charge is 0.322 e. The van der Waals surface area contributed by atoms with Gasteiger partial charge < -0.3 is 15.0 Å². The Kier molecular flexibility index (Phi) is 5.18. The second-order valence-corrected chi connectivity index (χ2v) is 7.58. The summed E-state index contributed by atoms with van der Waals surface area (Å²) in [7, 11) is 0. The van der Waals surface area contributed by atoms with Gasteiger partial charge in [-0.2, -0.15) is 0 Å². The van der Waals surface area contributed by atoms with Gasteiger partial charge in [0.1, 0.15) is 0 Å². The van der Waals surface area contributed by atoms with E-state index in [4.69, 9.17) is 4.74 Å². The molecule has 1 atom stereocenters. The summed E-state index contributed by atoms with van der Waals surface area (Å²) in [5, 5.41) is 7.32. The molecule has 1 unspecified atom stereocenters. The largest absolute Gasteiger partial charge is 0.376 e. The third kappa shape index (κ3) is 3.89. The lowest BCUT2D eigenvalue weighted by Crippen LogP contribution is -2.39. The zero-order valence-corrected chi connectivity index (χ0v) is 15.4. The number of hydrogen-bond acceptors (Lipinski definition) is 3. The monoisotopic (exact) mass is 366 g/mol. The zero-order chi connectivity index (χ0) is 17.8. The van der Waals surface area contributed by atoms with Crippen LogP contribution in [-0.4, -0.2) is 30.2 Å². The molecule has 1 aliphatic rings. The molecule has 2 heterocycles. The standard InChI is InChI=1S/C21H22N2O2S/c24-21(22-20-11-3-7-16-6-1-2-10-19(16)20)23(14-17-8-4-12-25-17)15-18-9-5-13-26-18/h1-3,5-7,9-11,13,17H,4,8,12,14-15H2,(H,22,24). The summed E-state index contributed by atoms with van der Waals surface area (Å²) in [5.41, 5.74) is 0.844. The van der Waals surface area contributed by atoms with Gasteiger partial charge in [-0.15, -0.1) is 11.3 Å². The number of nitrogens with one attached hydrogen (secondary N) is 1. The highest BCUT2D eigenvalue weighted by atomic mass is 32.1. The molecule has 1 N–H and O–H groups in total. The molecule has 1 aliphatic heterocycles. The van der Waals surface area contributed by atoms with Crippen LogP contribution in [0.4, 0.5) is 10.5 Å². The van der Waals surface area contributed by atoms with E-state index in [0.29, 0.717) is 13.1 Å². The fourth-order valence-electron chi connectivity index (χ4n) is 3.37. The number of anilines is 1. The van der Waals surface area contributed by atoms with Crippen molar-refractivity contribution in [3.05, 3.63) is 64.9 Å². The topological polar surface area (TPSA) is 41.6 Å². The maximum absolute atomic E-state index is 13.0. The van der Waals surface area contributed by atoms with E-state index in [1.54, 1.807) is 11.3 Å². The lowest BCUT2D eigenvalue weighted by molar-refractivity contribution is 0.0821. The Hall–Kier alpha value is -2.37. The Morgan fingerprint density at radius 2 is 2.04 bits per heavy atom. The van der Waals surface area contributed by atoms with E-state index in [1.165, 1.54) is 4.88 Å². The molecule has 0 bridgehead atoms. The third-order valence-electron chi connectivity index (χ3n) is 4.69. The van der Waals surface area contributed by atoms with Crippen LogP contribution in [0.15, 0.2) is 60.0 Å². The van der Waals surface area contributed by atoms with Gasteiger partial charge in [0.05, 0.1) is 18.3 Å². The van der Waals surface area contributed by atoms with Crippen LogP contribution in [0, 0.1) is 0 Å². The Labute approximate surface area is 157 Å². The molecule has 1 saturated heterocycles. The van der Waals surface area contributed by atoms with Gasteiger partial charge in [-0.3, -0.25) is 0 Å². The van der Waals surface area contributed by atoms with Crippen LogP contribution < -0.4 is 5.32 Å². The van der Waals surface area contributed by atoms with Gasteiger partial charge in [0.25, 0.3) is 0 Å². The van der Waals surface area contributed by atoms with Crippen molar-refractivity contribution in [2.75, 3.05) is 18.5 Å². The van der Waals surface area contributed by atoms with Crippen molar-refractivity contribution in [1.82, 2.24) is 4.90 Å². The minimum absolute atomic E-state index is 0.0785. The summed E-state index contributed by atoms with van der Waals surface area (Å²) in [6, 6.07) is 18.1. The zero-order valence-electron chi connectivity index (χ0n) is 14.6. The van der Waals surface area contributed by atoms with Gasteiger partial charge in [0.2, 0.25) is 0 Å². The van der Waals surface area contributed by atoms with Gasteiger partial charge >= 0.3 is 6.03 Å². The van der Waals surface area contributed by atoms with Crippen molar-refractivity contribution in [2.24, 2.45) is 0 Å². The van der Waals surface area contributed by atoms with Crippen LogP contribution in [0.5, 0.6) is 0 Å². The molecule has 134 valence electrons. The molecule has 1 fully saturated rings. The first-order chi connectivity index (χ1) is 12.8. The van der Waals surface area contributed by atoms with E-state index in [1.807, 2.05) is 46.7 Å². The second kappa shape index (κ2) is 7.89. The quantitative estimate of drug-likeness (QED) is 0.681. The average molecular weight is 366 g/mol. The average Bonchev–Trinajstić information content (AvgIpc) is 3.35. The molecule has 3 aromatic rings. The van der Waals surface area contributed by atoms with Gasteiger partial charge in [0.15, 0.2) is 0 Å². The summed E-state index contributed by atoms with van der Waals surface area (Å²) in [4.78, 5) is 16.1. The molecule has 2 aromatic carbocycles. The van der Waals surface area contributed by atoms with Gasteiger partial charge in [-0.1, -0.05) is 42.5 Å². The van der Waals surface area contributed by atoms with E-state index in [9.17, 15) is 4.79 Å². The summed E-state index contributed by atoms with van der Waals surface area (Å²) in [6.07, 6.45) is 2.22. The van der Waals surface area contributed by atoms with Crippen LogP contribution in [0.3, 0.4) is 0 Å². The molecular weight excluding hydrogens is 344 g/mol. The molecule has 0 spiro atoms. The number of rotatable bonds is 5. The Morgan fingerprint density at radius 3 is 2.85 bits per heavy atom. The van der Waals surface area contributed by atoms with E-state index < -0.39 is 0 Å². The van der Waals surface area contributed by atoms with Gasteiger partial charge in [-0.25, -0.2) is 4.79 Å². The molecule has 4 nitrogen and oxygen atoms in total. The summed E-state index contributed by atoms with van der Waals surface area (Å²) >= 11 is 1.67. The van der Waals surface area contributed by atoms with Crippen LogP contribution >= 0.6 is 11.3 Å². The number of carbonyl (C=O) groups excluding carboxylic acids is 1. The van der Waals surface area contributed by atoms with Crippen LogP contribution in [-0.2, 0) is 11.3 Å². The van der Waals surface area contributed by atoms with Gasteiger partial charge in [0, 0.05) is 23.4 Å². The first-order valence-corrected chi connectivity index (χ1v) is 9.85. The maximum atomic E-state index is 13.0. The van der Waals surface area contributed by atoms with E-state index >= 15 is 0 Å². The Morgan fingerprint density at radius 1 is 1.15 bits per heavy atom. The lowest BCUT2D eigenvalue weighted by Gasteiger charge is -2.25. The van der Waals surface area contributed by atoms with Crippen LogP contribution in [0.25, 0.3) is 10.8 Å². The lowest BCUT2D eigenvalue weighted by atomic mass is 10.1. The Bertz CT molecular complexity index is 867. The third-order valence-corrected chi connectivity index (χ3v) is 5.55. The number of ether oxygens (including phenoxy) is 1. The summed E-state index contributed by atoms with van der Waals surface area (Å²) in [6.45, 7) is 2.02.